The van der Waals surface area contributed by atoms with Gasteiger partial charge in [0.05, 0.1) is 12.2 Å². The summed E-state index contributed by atoms with van der Waals surface area (Å²) in [6.07, 6.45) is 0. The number of aromatic amines is 1. The Morgan fingerprint density at radius 3 is 2.55 bits per heavy atom. The molecule has 20 heavy (non-hydrogen) atoms. The standard InChI is InChI=1S/C13H11F2N3O2/c1-6-16-10-3-9(15)8(14)2-7(10)5-18(6)11-4-12(19)17-13(11)20/h2-4,17,19-20H,5H2,1H3. The van der Waals surface area contributed by atoms with E-state index in [0.717, 1.165) is 12.1 Å². The molecule has 0 saturated heterocycles. The summed E-state index contributed by atoms with van der Waals surface area (Å²) in [6.45, 7) is 1.89. The number of nitrogens with zero attached hydrogens (tertiary/aromatic N) is 2. The van der Waals surface area contributed by atoms with Crippen LogP contribution in [0.3, 0.4) is 0 Å². The van der Waals surface area contributed by atoms with Gasteiger partial charge in [-0.3, -0.25) is 4.98 Å². The van der Waals surface area contributed by atoms with E-state index < -0.39 is 11.6 Å². The fourth-order valence-corrected chi connectivity index (χ4v) is 2.21. The molecule has 1 aromatic heterocycles. The molecule has 1 aliphatic rings. The van der Waals surface area contributed by atoms with E-state index in [0.29, 0.717) is 22.8 Å². The van der Waals surface area contributed by atoms with Gasteiger partial charge in [0, 0.05) is 17.7 Å². The number of halogens is 2. The summed E-state index contributed by atoms with van der Waals surface area (Å²) in [5.41, 5.74) is 1.17. The van der Waals surface area contributed by atoms with Crippen LogP contribution in [0.2, 0.25) is 0 Å². The van der Waals surface area contributed by atoms with Gasteiger partial charge < -0.3 is 15.1 Å². The van der Waals surface area contributed by atoms with Gasteiger partial charge in [-0.15, -0.1) is 0 Å². The number of benzene rings is 1. The highest BCUT2D eigenvalue weighted by Gasteiger charge is 2.23. The molecule has 3 N–H and O–H groups in total. The molecule has 104 valence electrons. The van der Waals surface area contributed by atoms with Crippen molar-refractivity contribution in [2.75, 3.05) is 4.90 Å². The highest BCUT2D eigenvalue weighted by molar-refractivity contribution is 6.00. The van der Waals surface area contributed by atoms with Gasteiger partial charge in [0.2, 0.25) is 5.88 Å². The minimum Gasteiger partial charge on any atom is -0.494 e. The zero-order chi connectivity index (χ0) is 14.4. The van der Waals surface area contributed by atoms with Gasteiger partial charge in [-0.1, -0.05) is 0 Å². The van der Waals surface area contributed by atoms with Crippen LogP contribution in [0, 0.1) is 11.6 Å². The average molecular weight is 279 g/mol. The van der Waals surface area contributed by atoms with E-state index in [2.05, 4.69) is 9.98 Å². The van der Waals surface area contributed by atoms with Crippen LogP contribution in [-0.4, -0.2) is 21.0 Å². The largest absolute Gasteiger partial charge is 0.494 e. The Hall–Kier alpha value is -2.57. The molecule has 0 unspecified atom stereocenters. The monoisotopic (exact) mass is 279 g/mol. The Morgan fingerprint density at radius 2 is 1.90 bits per heavy atom. The first-order chi connectivity index (χ1) is 9.45. The van der Waals surface area contributed by atoms with Crippen molar-refractivity contribution in [1.82, 2.24) is 4.98 Å². The second-order valence-corrected chi connectivity index (χ2v) is 4.53. The second-order valence-electron chi connectivity index (χ2n) is 4.53. The molecule has 1 aliphatic heterocycles. The third-order valence-electron chi connectivity index (χ3n) is 3.18. The summed E-state index contributed by atoms with van der Waals surface area (Å²) in [5, 5.41) is 19.0. The normalized spacial score (nSPS) is 14.2. The zero-order valence-electron chi connectivity index (χ0n) is 10.5. The molecule has 0 bridgehead atoms. The molecule has 0 atom stereocenters. The third-order valence-corrected chi connectivity index (χ3v) is 3.18. The smallest absolute Gasteiger partial charge is 0.215 e. The van der Waals surface area contributed by atoms with Gasteiger partial charge in [-0.25, -0.2) is 13.8 Å². The number of aromatic hydroxyl groups is 2. The molecule has 0 spiro atoms. The van der Waals surface area contributed by atoms with Gasteiger partial charge in [-0.2, -0.15) is 0 Å². The summed E-state index contributed by atoms with van der Waals surface area (Å²) in [6, 6.07) is 3.45. The third kappa shape index (κ3) is 1.87. The first kappa shape index (κ1) is 12.5. The number of anilines is 1. The summed E-state index contributed by atoms with van der Waals surface area (Å²) in [5.74, 6) is -1.81. The van der Waals surface area contributed by atoms with Crippen molar-refractivity contribution in [3.8, 4) is 11.8 Å². The Kier molecular flexibility index (Phi) is 2.63. The maximum Gasteiger partial charge on any atom is 0.215 e. The Bertz CT molecular complexity index is 725. The molecule has 2 heterocycles. The second kappa shape index (κ2) is 4.22. The van der Waals surface area contributed by atoms with Crippen LogP contribution in [0.1, 0.15) is 12.5 Å². The van der Waals surface area contributed by atoms with Crippen LogP contribution in [0.15, 0.2) is 23.2 Å². The number of rotatable bonds is 1. The van der Waals surface area contributed by atoms with Crippen molar-refractivity contribution < 1.29 is 19.0 Å². The molecule has 3 rings (SSSR count). The molecule has 2 aromatic rings. The lowest BCUT2D eigenvalue weighted by molar-refractivity contribution is 0.425. The summed E-state index contributed by atoms with van der Waals surface area (Å²) < 4.78 is 26.5. The minimum atomic E-state index is -0.948. The number of aliphatic imine (C=N–C) groups is 1. The summed E-state index contributed by atoms with van der Waals surface area (Å²) >= 11 is 0. The predicted molar refractivity (Wildman–Crippen MR) is 69.4 cm³/mol. The molecule has 7 heteroatoms. The average Bonchev–Trinajstić information content (AvgIpc) is 2.70. The van der Waals surface area contributed by atoms with Crippen LogP contribution in [0.25, 0.3) is 0 Å². The predicted octanol–water partition coefficient (Wildman–Crippen LogP) is 2.77. The van der Waals surface area contributed by atoms with E-state index in [4.69, 9.17) is 0 Å². The number of H-pyrrole nitrogens is 1. The number of fused-ring (bicyclic) bond motifs is 1. The van der Waals surface area contributed by atoms with E-state index >= 15 is 0 Å². The van der Waals surface area contributed by atoms with E-state index in [-0.39, 0.29) is 18.3 Å². The Balaban J connectivity index is 2.06. The van der Waals surface area contributed by atoms with Gasteiger partial charge in [0.1, 0.15) is 11.5 Å². The van der Waals surface area contributed by atoms with E-state index in [1.807, 2.05) is 0 Å². The number of amidine groups is 1. The Morgan fingerprint density at radius 1 is 1.20 bits per heavy atom. The van der Waals surface area contributed by atoms with Gasteiger partial charge >= 0.3 is 0 Å². The number of hydrogen-bond donors (Lipinski definition) is 3. The Labute approximate surface area is 112 Å². The molecular formula is C13H11F2N3O2. The molecule has 0 fully saturated rings. The maximum atomic E-state index is 13.3. The summed E-state index contributed by atoms with van der Waals surface area (Å²) in [7, 11) is 0. The van der Waals surface area contributed by atoms with Crippen molar-refractivity contribution in [2.45, 2.75) is 13.5 Å². The highest BCUT2D eigenvalue weighted by atomic mass is 19.2. The minimum absolute atomic E-state index is 0.193. The van der Waals surface area contributed by atoms with Crippen molar-refractivity contribution in [3.05, 3.63) is 35.4 Å². The van der Waals surface area contributed by atoms with E-state index in [1.165, 1.54) is 6.07 Å². The van der Waals surface area contributed by atoms with Crippen molar-refractivity contribution in [3.63, 3.8) is 0 Å². The summed E-state index contributed by atoms with van der Waals surface area (Å²) in [4.78, 5) is 8.12. The molecule has 0 aliphatic carbocycles. The molecule has 0 radical (unpaired) electrons. The maximum absolute atomic E-state index is 13.3. The van der Waals surface area contributed by atoms with E-state index in [1.54, 1.807) is 11.8 Å². The van der Waals surface area contributed by atoms with Crippen molar-refractivity contribution >= 4 is 17.2 Å². The van der Waals surface area contributed by atoms with Crippen LogP contribution in [-0.2, 0) is 6.54 Å². The van der Waals surface area contributed by atoms with Crippen LogP contribution < -0.4 is 4.90 Å². The van der Waals surface area contributed by atoms with E-state index in [9.17, 15) is 19.0 Å². The van der Waals surface area contributed by atoms with Crippen molar-refractivity contribution in [2.24, 2.45) is 4.99 Å². The first-order valence-electron chi connectivity index (χ1n) is 5.87. The number of nitrogens with one attached hydrogen (secondary N) is 1. The molecule has 0 saturated carbocycles. The van der Waals surface area contributed by atoms with Crippen LogP contribution in [0.4, 0.5) is 20.2 Å². The molecule has 5 nitrogen and oxygen atoms in total. The topological polar surface area (TPSA) is 71.8 Å². The highest BCUT2D eigenvalue weighted by Crippen LogP contribution is 2.36. The lowest BCUT2D eigenvalue weighted by Gasteiger charge is -2.28. The zero-order valence-corrected chi connectivity index (χ0v) is 10.5. The first-order valence-corrected chi connectivity index (χ1v) is 5.87. The SMILES string of the molecule is CC1=Nc2cc(F)c(F)cc2CN1c1cc(O)[nH]c1O. The quantitative estimate of drug-likeness (QED) is 0.751. The lowest BCUT2D eigenvalue weighted by atomic mass is 10.1. The van der Waals surface area contributed by atoms with Crippen molar-refractivity contribution in [1.29, 1.82) is 0 Å². The fraction of sp³-hybridized carbons (Fsp3) is 0.154. The number of aromatic nitrogens is 1. The van der Waals surface area contributed by atoms with Gasteiger partial charge in [0.15, 0.2) is 17.5 Å². The van der Waals surface area contributed by atoms with Crippen LogP contribution in [0.5, 0.6) is 11.8 Å². The molecule has 1 aromatic carbocycles. The van der Waals surface area contributed by atoms with Crippen LogP contribution >= 0.6 is 0 Å². The fourth-order valence-electron chi connectivity index (χ4n) is 2.21. The molecule has 0 amide bonds. The molecular weight excluding hydrogens is 268 g/mol. The van der Waals surface area contributed by atoms with Gasteiger partial charge in [0.25, 0.3) is 0 Å². The number of hydrogen-bond acceptors (Lipinski definition) is 4. The van der Waals surface area contributed by atoms with Gasteiger partial charge in [-0.05, 0) is 13.0 Å². The lowest BCUT2D eigenvalue weighted by Crippen LogP contribution is -2.30.